The molecule has 21 heavy (non-hydrogen) atoms. The number of aliphatic hydroxyl groups is 1. The number of hydrogen-bond donors (Lipinski definition) is 1. The molecule has 110 valence electrons. The summed E-state index contributed by atoms with van der Waals surface area (Å²) in [6, 6.07) is 16.8. The molecule has 0 heterocycles. The van der Waals surface area contributed by atoms with Crippen molar-refractivity contribution in [2.24, 2.45) is 0 Å². The zero-order valence-corrected chi connectivity index (χ0v) is 11.5. The van der Waals surface area contributed by atoms with Gasteiger partial charge in [0, 0.05) is 10.5 Å². The van der Waals surface area contributed by atoms with Gasteiger partial charge >= 0.3 is 0 Å². The van der Waals surface area contributed by atoms with E-state index in [4.69, 9.17) is 4.74 Å². The highest BCUT2D eigenvalue weighted by atomic mass is 16.6. The van der Waals surface area contributed by atoms with E-state index in [2.05, 4.69) is 0 Å². The van der Waals surface area contributed by atoms with E-state index in [-0.39, 0.29) is 6.61 Å². The third-order valence-electron chi connectivity index (χ3n) is 3.13. The Labute approximate surface area is 123 Å². The summed E-state index contributed by atoms with van der Waals surface area (Å²) in [6.07, 6.45) is -1.19. The van der Waals surface area contributed by atoms with E-state index in [1.165, 1.54) is 0 Å². The van der Waals surface area contributed by atoms with Gasteiger partial charge in [-0.25, -0.2) is 0 Å². The van der Waals surface area contributed by atoms with Crippen LogP contribution >= 0.6 is 0 Å². The quantitative estimate of drug-likeness (QED) is 0.627. The minimum absolute atomic E-state index is 0.0879. The lowest BCUT2D eigenvalue weighted by Crippen LogP contribution is -2.29. The average Bonchev–Trinajstić information content (AvgIpc) is 2.49. The lowest BCUT2D eigenvalue weighted by molar-refractivity contribution is -0.542. The molecule has 0 unspecified atom stereocenters. The number of benzene rings is 2. The molecule has 2 rings (SSSR count). The number of hydrogen-bond acceptors (Lipinski definition) is 4. The minimum atomic E-state index is -1.19. The molecule has 0 aromatic heterocycles. The van der Waals surface area contributed by atoms with Crippen molar-refractivity contribution < 1.29 is 14.8 Å². The summed E-state index contributed by atoms with van der Waals surface area (Å²) in [6.45, 7) is 0.229. The van der Waals surface area contributed by atoms with Crippen molar-refractivity contribution in [2.45, 2.75) is 18.8 Å². The molecule has 0 aliphatic heterocycles. The minimum Gasteiger partial charge on any atom is -0.383 e. The van der Waals surface area contributed by atoms with Crippen molar-refractivity contribution in [1.29, 1.82) is 0 Å². The molecular weight excluding hydrogens is 270 g/mol. The summed E-state index contributed by atoms with van der Waals surface area (Å²) in [7, 11) is 0. The molecule has 1 N–H and O–H groups in total. The van der Waals surface area contributed by atoms with Crippen LogP contribution in [0.5, 0.6) is 0 Å². The second kappa shape index (κ2) is 7.52. The molecule has 0 aliphatic carbocycles. The van der Waals surface area contributed by atoms with Crippen LogP contribution in [0.2, 0.25) is 0 Å². The van der Waals surface area contributed by atoms with Crippen LogP contribution in [0.25, 0.3) is 0 Å². The summed E-state index contributed by atoms with van der Waals surface area (Å²) in [5.74, 6) is 0. The summed E-state index contributed by atoms with van der Waals surface area (Å²) in [4.78, 5) is 10.7. The highest BCUT2D eigenvalue weighted by Crippen LogP contribution is 2.20. The first-order valence-corrected chi connectivity index (χ1v) is 6.66. The Kier molecular flexibility index (Phi) is 5.43. The Morgan fingerprint density at radius 1 is 1.05 bits per heavy atom. The van der Waals surface area contributed by atoms with Gasteiger partial charge in [-0.1, -0.05) is 60.7 Å². The van der Waals surface area contributed by atoms with Crippen molar-refractivity contribution in [1.82, 2.24) is 0 Å². The molecule has 2 aromatic rings. The fraction of sp³-hybridized carbons (Fsp3) is 0.250. The maximum atomic E-state index is 11.2. The first-order chi connectivity index (χ1) is 10.2. The van der Waals surface area contributed by atoms with E-state index < -0.39 is 17.1 Å². The topological polar surface area (TPSA) is 72.6 Å². The third kappa shape index (κ3) is 4.37. The highest BCUT2D eigenvalue weighted by molar-refractivity contribution is 5.18. The van der Waals surface area contributed by atoms with Gasteiger partial charge in [0.25, 0.3) is 6.04 Å². The maximum Gasteiger partial charge on any atom is 0.265 e. The molecule has 0 radical (unpaired) electrons. The van der Waals surface area contributed by atoms with E-state index in [0.29, 0.717) is 12.2 Å². The number of aliphatic hydroxyl groups excluding tert-OH is 1. The van der Waals surface area contributed by atoms with Gasteiger partial charge in [-0.3, -0.25) is 10.1 Å². The summed E-state index contributed by atoms with van der Waals surface area (Å²) in [5, 5.41) is 21.2. The van der Waals surface area contributed by atoms with Gasteiger partial charge < -0.3 is 9.84 Å². The normalized spacial score (nSPS) is 13.6. The van der Waals surface area contributed by atoms with Crippen LogP contribution in [0.1, 0.15) is 17.2 Å². The van der Waals surface area contributed by atoms with E-state index >= 15 is 0 Å². The van der Waals surface area contributed by atoms with Gasteiger partial charge in [0.05, 0.1) is 13.2 Å². The zero-order valence-electron chi connectivity index (χ0n) is 11.5. The van der Waals surface area contributed by atoms with Crippen LogP contribution in [0.4, 0.5) is 0 Å². The fourth-order valence-electron chi connectivity index (χ4n) is 2.10. The van der Waals surface area contributed by atoms with Gasteiger partial charge in [-0.15, -0.1) is 0 Å². The molecule has 5 heteroatoms. The first kappa shape index (κ1) is 15.2. The molecule has 0 spiro atoms. The van der Waals surface area contributed by atoms with Crippen LogP contribution in [0.3, 0.4) is 0 Å². The van der Waals surface area contributed by atoms with Gasteiger partial charge in [0.15, 0.2) is 0 Å². The van der Waals surface area contributed by atoms with Gasteiger partial charge in [-0.2, -0.15) is 0 Å². The van der Waals surface area contributed by atoms with Crippen molar-refractivity contribution >= 4 is 0 Å². The lowest BCUT2D eigenvalue weighted by Gasteiger charge is -2.16. The third-order valence-corrected chi connectivity index (χ3v) is 3.13. The number of ether oxygens (including phenoxy) is 1. The number of rotatable bonds is 7. The number of nitro groups is 1. The smallest absolute Gasteiger partial charge is 0.265 e. The summed E-state index contributed by atoms with van der Waals surface area (Å²) >= 11 is 0. The van der Waals surface area contributed by atoms with Gasteiger partial charge in [0.2, 0.25) is 0 Å². The second-order valence-corrected chi connectivity index (χ2v) is 4.71. The van der Waals surface area contributed by atoms with E-state index in [1.54, 1.807) is 30.3 Å². The molecule has 0 fully saturated rings. The standard InChI is InChI=1S/C16H17NO4/c18-15(12-21-11-13-7-3-1-4-8-13)16(17(19)20)14-9-5-2-6-10-14/h1-10,15-16,18H,11-12H2/t15-,16-/m0/s1. The predicted octanol–water partition coefficient (Wildman–Crippen LogP) is 2.58. The summed E-state index contributed by atoms with van der Waals surface area (Å²) < 4.78 is 5.38. The maximum absolute atomic E-state index is 11.2. The monoisotopic (exact) mass is 287 g/mol. The van der Waals surface area contributed by atoms with Crippen molar-refractivity contribution in [3.63, 3.8) is 0 Å². The number of nitrogens with zero attached hydrogens (tertiary/aromatic N) is 1. The zero-order chi connectivity index (χ0) is 15.1. The van der Waals surface area contributed by atoms with Crippen LogP contribution in [-0.4, -0.2) is 22.7 Å². The van der Waals surface area contributed by atoms with Crippen molar-refractivity contribution in [3.05, 3.63) is 81.9 Å². The molecule has 2 atom stereocenters. The Bertz CT molecular complexity index is 559. The van der Waals surface area contributed by atoms with Crippen LogP contribution in [-0.2, 0) is 11.3 Å². The molecule has 0 bridgehead atoms. The molecule has 0 aliphatic rings. The summed E-state index contributed by atoms with van der Waals surface area (Å²) in [5.41, 5.74) is 1.43. The fourth-order valence-corrected chi connectivity index (χ4v) is 2.10. The van der Waals surface area contributed by atoms with Crippen LogP contribution in [0, 0.1) is 10.1 Å². The van der Waals surface area contributed by atoms with E-state index in [1.807, 2.05) is 30.3 Å². The largest absolute Gasteiger partial charge is 0.383 e. The predicted molar refractivity (Wildman–Crippen MR) is 78.3 cm³/mol. The van der Waals surface area contributed by atoms with Crippen LogP contribution < -0.4 is 0 Å². The van der Waals surface area contributed by atoms with Crippen LogP contribution in [0.15, 0.2) is 60.7 Å². The van der Waals surface area contributed by atoms with Crippen molar-refractivity contribution in [3.8, 4) is 0 Å². The molecule has 5 nitrogen and oxygen atoms in total. The van der Waals surface area contributed by atoms with Gasteiger partial charge in [0.1, 0.15) is 6.10 Å². The van der Waals surface area contributed by atoms with E-state index in [0.717, 1.165) is 5.56 Å². The van der Waals surface area contributed by atoms with Crippen molar-refractivity contribution in [2.75, 3.05) is 6.61 Å². The lowest BCUT2D eigenvalue weighted by atomic mass is 10.0. The molecule has 0 amide bonds. The molecule has 0 saturated heterocycles. The highest BCUT2D eigenvalue weighted by Gasteiger charge is 2.31. The SMILES string of the molecule is O=[N+]([O-])[C@@H](c1ccccc1)[C@@H](O)COCc1ccccc1. The second-order valence-electron chi connectivity index (χ2n) is 4.71. The Morgan fingerprint density at radius 2 is 1.62 bits per heavy atom. The first-order valence-electron chi connectivity index (χ1n) is 6.66. The molecule has 2 aromatic carbocycles. The van der Waals surface area contributed by atoms with E-state index in [9.17, 15) is 15.2 Å². The van der Waals surface area contributed by atoms with Gasteiger partial charge in [-0.05, 0) is 5.56 Å². The Balaban J connectivity index is 1.94. The Hall–Kier alpha value is -2.24. The Morgan fingerprint density at radius 3 is 2.19 bits per heavy atom. The molecular formula is C16H17NO4. The molecule has 0 saturated carbocycles. The average molecular weight is 287 g/mol.